The van der Waals surface area contributed by atoms with E-state index in [0.29, 0.717) is 41.1 Å². The number of benzene rings is 1. The van der Waals surface area contributed by atoms with Crippen LogP contribution in [0.5, 0.6) is 0 Å². The Bertz CT molecular complexity index is 629. The fourth-order valence-electron chi connectivity index (χ4n) is 3.60. The van der Waals surface area contributed by atoms with Crippen LogP contribution in [0.25, 0.3) is 0 Å². The Hall–Kier alpha value is -0.810. The van der Waals surface area contributed by atoms with Gasteiger partial charge in [-0.25, -0.2) is 0 Å². The van der Waals surface area contributed by atoms with Crippen molar-refractivity contribution in [3.05, 3.63) is 27.7 Å². The molecule has 2 aliphatic rings. The molecule has 2 heterocycles. The van der Waals surface area contributed by atoms with E-state index < -0.39 is 5.79 Å². The van der Waals surface area contributed by atoms with E-state index in [9.17, 15) is 4.79 Å². The van der Waals surface area contributed by atoms with Crippen LogP contribution in [0, 0.1) is 0 Å². The molecule has 3 rings (SSSR count). The van der Waals surface area contributed by atoms with Crippen LogP contribution >= 0.6 is 23.2 Å². The summed E-state index contributed by atoms with van der Waals surface area (Å²) in [5, 5.41) is 0.833. The third kappa shape index (κ3) is 3.55. The number of halogens is 2. The lowest BCUT2D eigenvalue weighted by Gasteiger charge is -2.22. The second-order valence-corrected chi connectivity index (χ2v) is 7.43. The van der Waals surface area contributed by atoms with Gasteiger partial charge in [0.1, 0.15) is 0 Å². The van der Waals surface area contributed by atoms with Gasteiger partial charge in [0.15, 0.2) is 0 Å². The highest BCUT2D eigenvalue weighted by Gasteiger charge is 2.56. The smallest absolute Gasteiger partial charge is 0.292 e. The zero-order valence-electron chi connectivity index (χ0n) is 14.7. The number of amides is 1. The number of anilines is 1. The molecule has 0 aromatic heterocycles. The van der Waals surface area contributed by atoms with Crippen LogP contribution in [0.4, 0.5) is 5.69 Å². The van der Waals surface area contributed by atoms with Gasteiger partial charge in [-0.05, 0) is 18.6 Å². The van der Waals surface area contributed by atoms with E-state index in [1.54, 1.807) is 17.0 Å². The maximum Gasteiger partial charge on any atom is 0.292 e. The highest BCUT2D eigenvalue weighted by molar-refractivity contribution is 6.44. The summed E-state index contributed by atoms with van der Waals surface area (Å²) in [6, 6.07) is 3.48. The average molecular weight is 386 g/mol. The second kappa shape index (κ2) is 8.26. The number of nitrogens with zero attached hydrogens (tertiary/aromatic N) is 1. The Balaban J connectivity index is 1.70. The minimum atomic E-state index is -1.33. The van der Waals surface area contributed by atoms with Crippen molar-refractivity contribution in [2.75, 3.05) is 24.7 Å². The number of hydrogen-bond acceptors (Lipinski definition) is 3. The molecule has 6 heteroatoms. The molecule has 1 saturated heterocycles. The van der Waals surface area contributed by atoms with Crippen molar-refractivity contribution >= 4 is 34.8 Å². The van der Waals surface area contributed by atoms with E-state index in [1.807, 2.05) is 0 Å². The molecule has 1 amide bonds. The molecule has 0 aliphatic carbocycles. The normalized spacial score (nSPS) is 18.4. The lowest BCUT2D eigenvalue weighted by Crippen LogP contribution is -2.41. The molecule has 0 saturated carbocycles. The molecule has 4 nitrogen and oxygen atoms in total. The lowest BCUT2D eigenvalue weighted by atomic mass is 10.1. The van der Waals surface area contributed by atoms with Gasteiger partial charge in [0.25, 0.3) is 11.7 Å². The molecule has 0 radical (unpaired) electrons. The van der Waals surface area contributed by atoms with E-state index in [-0.39, 0.29) is 5.91 Å². The SMILES string of the molecule is CCCCCCCCCN1C(=O)C2(OCCO2)c2ccc(Cl)c(Cl)c21. The van der Waals surface area contributed by atoms with Gasteiger partial charge < -0.3 is 14.4 Å². The Morgan fingerprint density at radius 3 is 2.36 bits per heavy atom. The molecule has 1 aromatic rings. The van der Waals surface area contributed by atoms with Gasteiger partial charge in [-0.1, -0.05) is 68.7 Å². The predicted octanol–water partition coefficient (Wildman–Crippen LogP) is 5.29. The lowest BCUT2D eigenvalue weighted by molar-refractivity contribution is -0.180. The van der Waals surface area contributed by atoms with Crippen LogP contribution in [0.3, 0.4) is 0 Å². The van der Waals surface area contributed by atoms with Crippen molar-refractivity contribution in [2.45, 2.75) is 57.7 Å². The summed E-state index contributed by atoms with van der Waals surface area (Å²) in [5.74, 6) is -1.51. The molecule has 0 unspecified atom stereocenters. The molecule has 1 spiro atoms. The van der Waals surface area contributed by atoms with Crippen LogP contribution in [-0.4, -0.2) is 25.7 Å². The van der Waals surface area contributed by atoms with Gasteiger partial charge in [0.05, 0.1) is 28.9 Å². The molecule has 0 bridgehead atoms. The summed E-state index contributed by atoms with van der Waals surface area (Å²) in [7, 11) is 0. The van der Waals surface area contributed by atoms with Crippen molar-refractivity contribution in [1.82, 2.24) is 0 Å². The van der Waals surface area contributed by atoms with Gasteiger partial charge in [-0.2, -0.15) is 0 Å². The summed E-state index contributed by atoms with van der Waals surface area (Å²) in [5.41, 5.74) is 1.32. The molecule has 0 N–H and O–H groups in total. The molecule has 1 fully saturated rings. The number of fused-ring (bicyclic) bond motifs is 2. The summed E-state index contributed by atoms with van der Waals surface area (Å²) < 4.78 is 11.4. The maximum atomic E-state index is 13.0. The quantitative estimate of drug-likeness (QED) is 0.570. The highest BCUT2D eigenvalue weighted by Crippen LogP contribution is 2.50. The second-order valence-electron chi connectivity index (χ2n) is 6.65. The molecule has 138 valence electrons. The minimum absolute atomic E-state index is 0.185. The van der Waals surface area contributed by atoms with Gasteiger partial charge in [-0.15, -0.1) is 0 Å². The Labute approximate surface area is 159 Å². The van der Waals surface area contributed by atoms with E-state index in [1.165, 1.54) is 32.1 Å². The maximum absolute atomic E-state index is 13.0. The zero-order chi connectivity index (χ0) is 17.9. The van der Waals surface area contributed by atoms with Crippen molar-refractivity contribution < 1.29 is 14.3 Å². The van der Waals surface area contributed by atoms with Crippen molar-refractivity contribution in [1.29, 1.82) is 0 Å². The number of unbranched alkanes of at least 4 members (excludes halogenated alkanes) is 6. The van der Waals surface area contributed by atoms with Crippen LogP contribution in [0.15, 0.2) is 12.1 Å². The van der Waals surface area contributed by atoms with Crippen molar-refractivity contribution in [3.8, 4) is 0 Å². The van der Waals surface area contributed by atoms with Gasteiger partial charge in [0, 0.05) is 12.1 Å². The van der Waals surface area contributed by atoms with E-state index in [0.717, 1.165) is 12.8 Å². The fourth-order valence-corrected chi connectivity index (χ4v) is 4.01. The average Bonchev–Trinajstić information content (AvgIpc) is 3.18. The molecule has 0 atom stereocenters. The summed E-state index contributed by atoms with van der Waals surface area (Å²) >= 11 is 12.6. The monoisotopic (exact) mass is 385 g/mol. The van der Waals surface area contributed by atoms with Crippen LogP contribution in [0.1, 0.15) is 57.4 Å². The van der Waals surface area contributed by atoms with Crippen molar-refractivity contribution in [3.63, 3.8) is 0 Å². The van der Waals surface area contributed by atoms with Gasteiger partial charge >= 0.3 is 0 Å². The first-order valence-electron chi connectivity index (χ1n) is 9.20. The number of ether oxygens (including phenoxy) is 2. The first-order chi connectivity index (χ1) is 12.1. The summed E-state index contributed by atoms with van der Waals surface area (Å²) in [6.45, 7) is 3.62. The number of carbonyl (C=O) groups excluding carboxylic acids is 1. The third-order valence-corrected chi connectivity index (χ3v) is 5.69. The van der Waals surface area contributed by atoms with Crippen LogP contribution in [0.2, 0.25) is 10.0 Å². The van der Waals surface area contributed by atoms with E-state index in [2.05, 4.69) is 6.92 Å². The minimum Gasteiger partial charge on any atom is -0.336 e. The molecule has 1 aromatic carbocycles. The number of carbonyl (C=O) groups is 1. The predicted molar refractivity (Wildman–Crippen MR) is 100 cm³/mol. The standard InChI is InChI=1S/C19H25Cl2NO3/c1-2-3-4-5-6-7-8-11-22-17-14(9-10-15(20)16(17)21)19(18(22)23)24-12-13-25-19/h9-10H,2-8,11-13H2,1H3. The molecule has 25 heavy (non-hydrogen) atoms. The first kappa shape index (κ1) is 19.0. The summed E-state index contributed by atoms with van der Waals surface area (Å²) in [4.78, 5) is 14.7. The van der Waals surface area contributed by atoms with Crippen molar-refractivity contribution in [2.24, 2.45) is 0 Å². The Kier molecular flexibility index (Phi) is 6.26. The van der Waals surface area contributed by atoms with Gasteiger partial charge in [-0.3, -0.25) is 4.79 Å². The number of rotatable bonds is 8. The Morgan fingerprint density at radius 1 is 1.04 bits per heavy atom. The largest absolute Gasteiger partial charge is 0.336 e. The first-order valence-corrected chi connectivity index (χ1v) is 9.95. The third-order valence-electron chi connectivity index (χ3n) is 4.90. The van der Waals surface area contributed by atoms with Gasteiger partial charge in [0.2, 0.25) is 0 Å². The topological polar surface area (TPSA) is 38.8 Å². The fraction of sp³-hybridized carbons (Fsp3) is 0.632. The molecule has 2 aliphatic heterocycles. The van der Waals surface area contributed by atoms with Crippen LogP contribution < -0.4 is 4.90 Å². The summed E-state index contributed by atoms with van der Waals surface area (Å²) in [6.07, 6.45) is 8.29. The molecular weight excluding hydrogens is 361 g/mol. The number of hydrogen-bond donors (Lipinski definition) is 0. The van der Waals surface area contributed by atoms with E-state index >= 15 is 0 Å². The van der Waals surface area contributed by atoms with E-state index in [4.69, 9.17) is 32.7 Å². The van der Waals surface area contributed by atoms with Crippen LogP contribution in [-0.2, 0) is 20.1 Å². The highest BCUT2D eigenvalue weighted by atomic mass is 35.5. The molecular formula is C19H25Cl2NO3. The zero-order valence-corrected chi connectivity index (χ0v) is 16.2. The Morgan fingerprint density at radius 2 is 1.68 bits per heavy atom.